The van der Waals surface area contributed by atoms with E-state index in [-0.39, 0.29) is 16.3 Å². The highest BCUT2D eigenvalue weighted by atomic mass is 35.5. The van der Waals surface area contributed by atoms with E-state index >= 15 is 0 Å². The minimum atomic E-state index is -3.31. The number of carbonyl (C=O) groups is 1. The number of hydrogen-bond donors (Lipinski definition) is 1. The molecule has 0 aliphatic rings. The van der Waals surface area contributed by atoms with Crippen molar-refractivity contribution in [2.75, 3.05) is 6.61 Å². The van der Waals surface area contributed by atoms with E-state index in [0.717, 1.165) is 17.7 Å². The molecule has 37 heavy (non-hydrogen) atoms. The van der Waals surface area contributed by atoms with Gasteiger partial charge in [-0.3, -0.25) is 4.79 Å². The minimum absolute atomic E-state index is 0.132. The van der Waals surface area contributed by atoms with Gasteiger partial charge in [0.2, 0.25) is 5.91 Å². The van der Waals surface area contributed by atoms with Crippen molar-refractivity contribution in [3.63, 3.8) is 0 Å². The van der Waals surface area contributed by atoms with Gasteiger partial charge in [0.05, 0.1) is 12.4 Å². The molecule has 194 valence electrons. The van der Waals surface area contributed by atoms with E-state index in [0.29, 0.717) is 22.4 Å². The number of halogens is 4. The molecule has 4 aromatic rings. The molecule has 12 heteroatoms. The molecule has 0 spiro atoms. The van der Waals surface area contributed by atoms with Gasteiger partial charge < -0.3 is 14.8 Å². The normalized spacial score (nSPS) is 15.0. The summed E-state index contributed by atoms with van der Waals surface area (Å²) in [4.78, 5) is 21.1. The fourth-order valence-corrected chi connectivity index (χ4v) is 3.96. The summed E-state index contributed by atoms with van der Waals surface area (Å²) in [6.45, 7) is -6.55. The SMILES string of the molecule is [2H]C([2H])([2H])[C@]([2H])(NC(=O)COC(F)F)c1cc(F)cc(Cl)c1COc1cccc2c(-c3ncnn3C)cc(C)nc12. The van der Waals surface area contributed by atoms with Crippen molar-refractivity contribution in [1.29, 1.82) is 0 Å². The molecule has 0 bridgehead atoms. The summed E-state index contributed by atoms with van der Waals surface area (Å²) in [5.74, 6) is -1.51. The van der Waals surface area contributed by atoms with E-state index in [1.807, 2.05) is 11.4 Å². The van der Waals surface area contributed by atoms with E-state index in [1.165, 1.54) is 6.33 Å². The number of ether oxygens (including phenoxy) is 2. The molecule has 1 amide bonds. The number of alkyl halides is 2. The maximum Gasteiger partial charge on any atom is 0.345 e. The number of fused-ring (bicyclic) bond motifs is 1. The Morgan fingerprint density at radius 3 is 2.84 bits per heavy atom. The lowest BCUT2D eigenvalue weighted by Crippen LogP contribution is -2.31. The van der Waals surface area contributed by atoms with Crippen LogP contribution in [0, 0.1) is 12.7 Å². The quantitative estimate of drug-likeness (QED) is 0.318. The van der Waals surface area contributed by atoms with Gasteiger partial charge in [0, 0.05) is 33.4 Å². The van der Waals surface area contributed by atoms with Gasteiger partial charge in [-0.05, 0) is 43.6 Å². The van der Waals surface area contributed by atoms with Crippen LogP contribution in [0.1, 0.15) is 35.2 Å². The first-order chi connectivity index (χ1) is 19.2. The van der Waals surface area contributed by atoms with Crippen LogP contribution in [0.2, 0.25) is 5.02 Å². The van der Waals surface area contributed by atoms with Crippen molar-refractivity contribution in [3.8, 4) is 17.1 Å². The van der Waals surface area contributed by atoms with Gasteiger partial charge in [-0.1, -0.05) is 23.7 Å². The monoisotopic (exact) mass is 537 g/mol. The Balaban J connectivity index is 1.76. The van der Waals surface area contributed by atoms with Crippen molar-refractivity contribution in [2.24, 2.45) is 7.05 Å². The predicted molar refractivity (Wildman–Crippen MR) is 131 cm³/mol. The lowest BCUT2D eigenvalue weighted by atomic mass is 10.0. The van der Waals surface area contributed by atoms with E-state index < -0.39 is 50.0 Å². The van der Waals surface area contributed by atoms with Crippen LogP contribution in [0.3, 0.4) is 0 Å². The number of rotatable bonds is 9. The summed E-state index contributed by atoms with van der Waals surface area (Å²) in [5, 5.41) is 6.35. The number of aromatic nitrogens is 4. The zero-order valence-electron chi connectivity index (χ0n) is 23.6. The van der Waals surface area contributed by atoms with Crippen LogP contribution in [-0.4, -0.2) is 38.9 Å². The number of hydrogen-bond acceptors (Lipinski definition) is 6. The number of aryl methyl sites for hydroxylation is 2. The van der Waals surface area contributed by atoms with Gasteiger partial charge in [0.1, 0.15) is 36.6 Å². The van der Waals surface area contributed by atoms with Crippen molar-refractivity contribution in [2.45, 2.75) is 33.0 Å². The van der Waals surface area contributed by atoms with Gasteiger partial charge in [-0.15, -0.1) is 0 Å². The number of nitrogens with one attached hydrogen (secondary N) is 1. The third kappa shape index (κ3) is 6.00. The lowest BCUT2D eigenvalue weighted by molar-refractivity contribution is -0.152. The average Bonchev–Trinajstić information content (AvgIpc) is 3.31. The van der Waals surface area contributed by atoms with Crippen LogP contribution in [-0.2, 0) is 23.2 Å². The van der Waals surface area contributed by atoms with Gasteiger partial charge >= 0.3 is 6.61 Å². The van der Waals surface area contributed by atoms with Crippen LogP contribution in [0.25, 0.3) is 22.3 Å². The number of carbonyl (C=O) groups excluding carboxylic acids is 1. The topological polar surface area (TPSA) is 91.2 Å². The highest BCUT2D eigenvalue weighted by molar-refractivity contribution is 6.31. The molecule has 0 saturated carbocycles. The molecule has 2 heterocycles. The van der Waals surface area contributed by atoms with Gasteiger partial charge in [-0.2, -0.15) is 13.9 Å². The van der Waals surface area contributed by atoms with Crippen LogP contribution in [0.4, 0.5) is 13.2 Å². The Kier molecular flexibility index (Phi) is 6.44. The summed E-state index contributed by atoms with van der Waals surface area (Å²) >= 11 is 6.29. The van der Waals surface area contributed by atoms with Crippen LogP contribution < -0.4 is 10.1 Å². The summed E-state index contributed by atoms with van der Waals surface area (Å²) in [6, 6.07) is 5.53. The third-order valence-corrected chi connectivity index (χ3v) is 5.63. The first kappa shape index (κ1) is 21.4. The van der Waals surface area contributed by atoms with Crippen molar-refractivity contribution in [1.82, 2.24) is 25.1 Å². The Morgan fingerprint density at radius 1 is 1.32 bits per heavy atom. The summed E-state index contributed by atoms with van der Waals surface area (Å²) in [5.41, 5.74) is 1.09. The molecule has 1 N–H and O–H groups in total. The largest absolute Gasteiger partial charge is 0.487 e. The number of benzene rings is 2. The standard InChI is InChI=1S/C25H23ClF3N5O3/c1-13-7-18(24-30-12-31-34(24)3)16-5-4-6-21(23(16)32-13)36-10-19-17(8-15(27)9-20(19)26)14(2)33-22(35)11-37-25(28)29/h4-9,12,14,25H,10-11H2,1-3H3,(H,33,35)/t14-/m0/s1/i2D3,14D. The number of nitrogens with zero attached hydrogens (tertiary/aromatic N) is 4. The third-order valence-electron chi connectivity index (χ3n) is 5.29. The smallest absolute Gasteiger partial charge is 0.345 e. The molecule has 0 aliphatic carbocycles. The minimum Gasteiger partial charge on any atom is -0.487 e. The summed E-state index contributed by atoms with van der Waals surface area (Å²) in [6.07, 6.45) is 1.41. The molecule has 8 nitrogen and oxygen atoms in total. The Labute approximate surface area is 221 Å². The Hall–Kier alpha value is -3.70. The molecule has 0 radical (unpaired) electrons. The zero-order valence-corrected chi connectivity index (χ0v) is 20.3. The second kappa shape index (κ2) is 11.1. The number of amides is 1. The molecule has 0 fully saturated rings. The fourth-order valence-electron chi connectivity index (χ4n) is 3.70. The fraction of sp³-hybridized carbons (Fsp3) is 0.280. The second-order valence-electron chi connectivity index (χ2n) is 7.87. The number of pyridine rings is 1. The maximum atomic E-state index is 14.5. The highest BCUT2D eigenvalue weighted by Gasteiger charge is 2.20. The molecule has 0 aliphatic heterocycles. The van der Waals surface area contributed by atoms with Crippen LogP contribution in [0.15, 0.2) is 42.7 Å². The lowest BCUT2D eigenvalue weighted by Gasteiger charge is -2.20. The van der Waals surface area contributed by atoms with Crippen LogP contribution in [0.5, 0.6) is 5.75 Å². The molecule has 2 aromatic heterocycles. The van der Waals surface area contributed by atoms with Crippen molar-refractivity contribution >= 4 is 28.4 Å². The van der Waals surface area contributed by atoms with E-state index in [9.17, 15) is 18.0 Å². The van der Waals surface area contributed by atoms with Gasteiger partial charge in [0.15, 0.2) is 5.82 Å². The highest BCUT2D eigenvalue weighted by Crippen LogP contribution is 2.34. The van der Waals surface area contributed by atoms with Crippen LogP contribution >= 0.6 is 11.6 Å². The van der Waals surface area contributed by atoms with Crippen molar-refractivity contribution < 1.29 is 32.9 Å². The maximum absolute atomic E-state index is 14.5. The van der Waals surface area contributed by atoms with Gasteiger partial charge in [-0.25, -0.2) is 19.0 Å². The summed E-state index contributed by atoms with van der Waals surface area (Å²) < 4.78 is 83.3. The first-order valence-corrected chi connectivity index (χ1v) is 11.2. The molecular weight excluding hydrogens is 511 g/mol. The summed E-state index contributed by atoms with van der Waals surface area (Å²) in [7, 11) is 1.73. The van der Waals surface area contributed by atoms with E-state index in [2.05, 4.69) is 19.8 Å². The predicted octanol–water partition coefficient (Wildman–Crippen LogP) is 5.13. The molecule has 2 aromatic carbocycles. The molecule has 4 rings (SSSR count). The molecule has 1 atom stereocenters. The zero-order chi connectivity index (χ0) is 30.1. The second-order valence-corrected chi connectivity index (χ2v) is 8.28. The average molecular weight is 538 g/mol. The Bertz CT molecular complexity index is 1600. The molecule has 0 saturated heterocycles. The molecule has 0 unspecified atom stereocenters. The first-order valence-electron chi connectivity index (χ1n) is 12.8. The van der Waals surface area contributed by atoms with Gasteiger partial charge in [0.25, 0.3) is 0 Å². The number of para-hydroxylation sites is 1. The van der Waals surface area contributed by atoms with Crippen molar-refractivity contribution in [3.05, 3.63) is 70.4 Å². The van der Waals surface area contributed by atoms with E-state index in [1.54, 1.807) is 36.9 Å². The van der Waals surface area contributed by atoms with E-state index in [4.69, 9.17) is 21.8 Å². The Morgan fingerprint density at radius 2 is 2.14 bits per heavy atom. The molecular formula is C25H23ClF3N5O3.